The number of nitrogens with one attached hydrogen (secondary N) is 1. The van der Waals surface area contributed by atoms with E-state index in [9.17, 15) is 0 Å². The summed E-state index contributed by atoms with van der Waals surface area (Å²) >= 11 is 5.95. The molecule has 0 aliphatic rings. The van der Waals surface area contributed by atoms with Gasteiger partial charge in [-0.05, 0) is 70.4 Å². The molecule has 0 saturated carbocycles. The minimum absolute atomic E-state index is 0.0962. The molecule has 1 atom stereocenters. The zero-order valence-corrected chi connectivity index (χ0v) is 15.4. The maximum absolute atomic E-state index is 5.84. The summed E-state index contributed by atoms with van der Waals surface area (Å²) in [5, 5.41) is 4.43. The Bertz CT molecular complexity index is 609. The highest BCUT2D eigenvalue weighted by Gasteiger charge is 2.24. The Balaban J connectivity index is 2.58. The second-order valence-corrected chi connectivity index (χ2v) is 6.93. The Morgan fingerprint density at radius 2 is 2.10 bits per heavy atom. The van der Waals surface area contributed by atoms with E-state index in [1.807, 2.05) is 10.9 Å². The summed E-state index contributed by atoms with van der Waals surface area (Å²) in [5.41, 5.74) is 6.39. The predicted octanol–water partition coefficient (Wildman–Crippen LogP) is 3.69. The van der Waals surface area contributed by atoms with E-state index in [1.165, 1.54) is 9.13 Å². The lowest BCUT2D eigenvalue weighted by Crippen LogP contribution is -2.32. The van der Waals surface area contributed by atoms with E-state index in [0.717, 1.165) is 15.7 Å². The van der Waals surface area contributed by atoms with Gasteiger partial charge < -0.3 is 0 Å². The van der Waals surface area contributed by atoms with Crippen molar-refractivity contribution in [3.05, 3.63) is 49.3 Å². The molecule has 0 bridgehead atoms. The molecule has 6 heteroatoms. The molecular formula is C14H18BrIN4. The molecule has 0 amide bonds. The summed E-state index contributed by atoms with van der Waals surface area (Å²) in [6.07, 6.45) is 1.82. The third kappa shape index (κ3) is 2.93. The normalized spacial score (nSPS) is 12.9. The predicted molar refractivity (Wildman–Crippen MR) is 93.4 cm³/mol. The minimum atomic E-state index is -0.0962. The first-order valence-electron chi connectivity index (χ1n) is 6.41. The molecular weight excluding hydrogens is 431 g/mol. The fourth-order valence-electron chi connectivity index (χ4n) is 2.24. The number of nitrogens with zero attached hydrogens (tertiary/aromatic N) is 2. The first-order valence-corrected chi connectivity index (χ1v) is 8.28. The first kappa shape index (κ1) is 15.9. The molecule has 1 aromatic carbocycles. The third-order valence-electron chi connectivity index (χ3n) is 3.25. The monoisotopic (exact) mass is 448 g/mol. The average molecular weight is 449 g/mol. The molecule has 0 saturated heterocycles. The van der Waals surface area contributed by atoms with Crippen molar-refractivity contribution in [2.24, 2.45) is 5.84 Å². The van der Waals surface area contributed by atoms with E-state index in [0.29, 0.717) is 0 Å². The van der Waals surface area contributed by atoms with Crippen molar-refractivity contribution in [1.82, 2.24) is 15.2 Å². The molecule has 1 unspecified atom stereocenters. The van der Waals surface area contributed by atoms with E-state index >= 15 is 0 Å². The van der Waals surface area contributed by atoms with E-state index in [1.54, 1.807) is 0 Å². The Kier molecular flexibility index (Phi) is 5.22. The van der Waals surface area contributed by atoms with Gasteiger partial charge in [-0.1, -0.05) is 18.2 Å². The van der Waals surface area contributed by atoms with Gasteiger partial charge in [-0.15, -0.1) is 0 Å². The quantitative estimate of drug-likeness (QED) is 0.426. The molecule has 2 rings (SSSR count). The van der Waals surface area contributed by atoms with Crippen LogP contribution in [0.1, 0.15) is 42.8 Å². The van der Waals surface area contributed by atoms with Gasteiger partial charge in [0.15, 0.2) is 0 Å². The van der Waals surface area contributed by atoms with Gasteiger partial charge in [0.25, 0.3) is 0 Å². The van der Waals surface area contributed by atoms with Crippen LogP contribution in [-0.2, 0) is 0 Å². The van der Waals surface area contributed by atoms with Crippen molar-refractivity contribution < 1.29 is 0 Å². The number of aryl methyl sites for hydroxylation is 1. The van der Waals surface area contributed by atoms with Gasteiger partial charge in [-0.2, -0.15) is 5.10 Å². The van der Waals surface area contributed by atoms with Crippen molar-refractivity contribution in [2.45, 2.75) is 32.9 Å². The number of rotatable bonds is 4. The average Bonchev–Trinajstić information content (AvgIpc) is 2.78. The number of nitrogens with two attached hydrogens (primary N) is 1. The minimum Gasteiger partial charge on any atom is -0.271 e. The third-order valence-corrected chi connectivity index (χ3v) is 5.33. The van der Waals surface area contributed by atoms with Crippen LogP contribution in [0.5, 0.6) is 0 Å². The summed E-state index contributed by atoms with van der Waals surface area (Å²) in [6.45, 7) is 6.32. The highest BCUT2D eigenvalue weighted by molar-refractivity contribution is 14.1. The molecule has 3 N–H and O–H groups in total. The van der Waals surface area contributed by atoms with Crippen LogP contribution in [-0.4, -0.2) is 9.78 Å². The number of benzene rings is 1. The van der Waals surface area contributed by atoms with Crippen LogP contribution >= 0.6 is 38.5 Å². The van der Waals surface area contributed by atoms with Crippen LogP contribution in [0.2, 0.25) is 0 Å². The fourth-order valence-corrected chi connectivity index (χ4v) is 3.41. The number of hydrogen-bond acceptors (Lipinski definition) is 3. The molecule has 0 fully saturated rings. The smallest absolute Gasteiger partial charge is 0.0900 e. The second-order valence-electron chi connectivity index (χ2n) is 4.99. The van der Waals surface area contributed by atoms with E-state index < -0.39 is 0 Å². The molecule has 2 aromatic rings. The first-order chi connectivity index (χ1) is 9.47. The number of hydrazine groups is 1. The molecule has 20 heavy (non-hydrogen) atoms. The summed E-state index contributed by atoms with van der Waals surface area (Å²) in [6, 6.07) is 6.44. The Hall–Kier alpha value is -0.440. The Labute approximate surface area is 141 Å². The largest absolute Gasteiger partial charge is 0.271 e. The van der Waals surface area contributed by atoms with Crippen LogP contribution in [0, 0.1) is 10.5 Å². The van der Waals surface area contributed by atoms with Crippen LogP contribution < -0.4 is 11.3 Å². The zero-order chi connectivity index (χ0) is 14.9. The standard InChI is InChI=1S/C14H18BrIN4/c1-8(2)20-14(11(15)7-18-20)13(19-17)10-6-4-5-9(3)12(10)16/h4-8,13,19H,17H2,1-3H3. The van der Waals surface area contributed by atoms with Crippen molar-refractivity contribution in [1.29, 1.82) is 0 Å². The van der Waals surface area contributed by atoms with Gasteiger partial charge in [0.05, 0.1) is 22.4 Å². The van der Waals surface area contributed by atoms with Gasteiger partial charge in [0, 0.05) is 9.61 Å². The maximum Gasteiger partial charge on any atom is 0.0900 e. The molecule has 0 spiro atoms. The van der Waals surface area contributed by atoms with Gasteiger partial charge in [-0.25, -0.2) is 5.43 Å². The fraction of sp³-hybridized carbons (Fsp3) is 0.357. The summed E-state index contributed by atoms with van der Waals surface area (Å²) in [7, 11) is 0. The van der Waals surface area contributed by atoms with Crippen molar-refractivity contribution in [3.8, 4) is 0 Å². The van der Waals surface area contributed by atoms with Crippen molar-refractivity contribution >= 4 is 38.5 Å². The number of aromatic nitrogens is 2. The lowest BCUT2D eigenvalue weighted by molar-refractivity contribution is 0.474. The highest BCUT2D eigenvalue weighted by atomic mass is 127. The van der Waals surface area contributed by atoms with Gasteiger partial charge in [0.2, 0.25) is 0 Å². The number of hydrogen-bond donors (Lipinski definition) is 2. The Morgan fingerprint density at radius 3 is 2.70 bits per heavy atom. The van der Waals surface area contributed by atoms with Gasteiger partial charge in [0.1, 0.15) is 0 Å². The second kappa shape index (κ2) is 6.55. The summed E-state index contributed by atoms with van der Waals surface area (Å²) in [5.74, 6) is 5.84. The zero-order valence-electron chi connectivity index (χ0n) is 11.7. The lowest BCUT2D eigenvalue weighted by atomic mass is 10.0. The summed E-state index contributed by atoms with van der Waals surface area (Å²) < 4.78 is 4.18. The molecule has 0 aliphatic carbocycles. The summed E-state index contributed by atoms with van der Waals surface area (Å²) in [4.78, 5) is 0. The molecule has 4 nitrogen and oxygen atoms in total. The molecule has 1 heterocycles. The highest BCUT2D eigenvalue weighted by Crippen LogP contribution is 2.33. The van der Waals surface area contributed by atoms with Crippen LogP contribution in [0.15, 0.2) is 28.9 Å². The topological polar surface area (TPSA) is 55.9 Å². The van der Waals surface area contributed by atoms with Gasteiger partial charge in [-0.3, -0.25) is 10.5 Å². The molecule has 108 valence electrons. The SMILES string of the molecule is Cc1cccc(C(NN)c2c(Br)cnn2C(C)C)c1I. The van der Waals surface area contributed by atoms with E-state index in [2.05, 4.69) is 88.0 Å². The molecule has 0 radical (unpaired) electrons. The van der Waals surface area contributed by atoms with E-state index in [-0.39, 0.29) is 12.1 Å². The van der Waals surface area contributed by atoms with Gasteiger partial charge >= 0.3 is 0 Å². The Morgan fingerprint density at radius 1 is 1.40 bits per heavy atom. The maximum atomic E-state index is 5.84. The number of halogens is 2. The molecule has 0 aliphatic heterocycles. The van der Waals surface area contributed by atoms with E-state index in [4.69, 9.17) is 5.84 Å². The van der Waals surface area contributed by atoms with Crippen molar-refractivity contribution in [2.75, 3.05) is 0 Å². The lowest BCUT2D eigenvalue weighted by Gasteiger charge is -2.22. The van der Waals surface area contributed by atoms with Crippen LogP contribution in [0.25, 0.3) is 0 Å². The molecule has 1 aromatic heterocycles. The van der Waals surface area contributed by atoms with Crippen molar-refractivity contribution in [3.63, 3.8) is 0 Å². The van der Waals surface area contributed by atoms with Crippen LogP contribution in [0.3, 0.4) is 0 Å². The van der Waals surface area contributed by atoms with Crippen LogP contribution in [0.4, 0.5) is 0 Å².